The van der Waals surface area contributed by atoms with Gasteiger partial charge in [0.15, 0.2) is 0 Å². The van der Waals surface area contributed by atoms with E-state index < -0.39 is 5.97 Å². The Morgan fingerprint density at radius 3 is 2.64 bits per heavy atom. The number of ether oxygens (including phenoxy) is 1. The summed E-state index contributed by atoms with van der Waals surface area (Å²) in [5.41, 5.74) is 5.35. The lowest BCUT2D eigenvalue weighted by molar-refractivity contribution is -0.147. The van der Waals surface area contributed by atoms with Gasteiger partial charge in [-0.25, -0.2) is 0 Å². The van der Waals surface area contributed by atoms with E-state index in [1.807, 2.05) is 30.3 Å². The summed E-state index contributed by atoms with van der Waals surface area (Å²) in [5.74, 6) is 6.32. The van der Waals surface area contributed by atoms with Gasteiger partial charge in [0.2, 0.25) is 0 Å². The van der Waals surface area contributed by atoms with Crippen LogP contribution in [0.2, 0.25) is 0 Å². The zero-order chi connectivity index (χ0) is 18.8. The number of halogens is 1. The molecule has 0 spiro atoms. The van der Waals surface area contributed by atoms with Gasteiger partial charge in [0.25, 0.3) is 0 Å². The number of carboxylic acid groups (broad SMARTS) is 1. The van der Waals surface area contributed by atoms with Crippen molar-refractivity contribution in [2.24, 2.45) is 5.92 Å². The Hall–Kier alpha value is -2.74. The average molecular weight is 396 g/mol. The minimum atomic E-state index is -0.704. The molecule has 0 unspecified atom stereocenters. The lowest BCUT2D eigenvalue weighted by Crippen LogP contribution is -2.51. The molecule has 0 aliphatic carbocycles. The van der Waals surface area contributed by atoms with E-state index in [9.17, 15) is 4.79 Å². The first kappa shape index (κ1) is 20.0. The normalized spacial score (nSPS) is 15.7. The van der Waals surface area contributed by atoms with E-state index in [4.69, 9.17) is 9.84 Å². The summed E-state index contributed by atoms with van der Waals surface area (Å²) in [6, 6.07) is 14.2. The molecule has 1 N–H and O–H groups in total. The molecule has 1 saturated heterocycles. The summed E-state index contributed by atoms with van der Waals surface area (Å²) in [7, 11) is 0. The maximum absolute atomic E-state index is 10.9. The summed E-state index contributed by atoms with van der Waals surface area (Å²) >= 11 is 0. The van der Waals surface area contributed by atoms with E-state index in [0.717, 1.165) is 29.0 Å². The van der Waals surface area contributed by atoms with Crippen molar-refractivity contribution in [3.8, 4) is 17.6 Å². The first-order chi connectivity index (χ1) is 13.1. The first-order valence-electron chi connectivity index (χ1n) is 9.07. The van der Waals surface area contributed by atoms with Crippen molar-refractivity contribution in [3.05, 3.63) is 70.3 Å². The van der Waals surface area contributed by atoms with Crippen molar-refractivity contribution in [2.75, 3.05) is 26.2 Å². The number of benzene rings is 2. The molecule has 0 atom stereocenters. The monoisotopic (exact) mass is 395 g/mol. The number of hydrogen-bond acceptors (Lipinski definition) is 3. The highest BCUT2D eigenvalue weighted by molar-refractivity contribution is 5.85. The molecule has 2 heterocycles. The van der Waals surface area contributed by atoms with Gasteiger partial charge in [0.05, 0.1) is 5.92 Å². The molecule has 1 fully saturated rings. The van der Waals surface area contributed by atoms with Crippen LogP contribution in [0.25, 0.3) is 6.08 Å². The summed E-state index contributed by atoms with van der Waals surface area (Å²) in [5, 5.41) is 8.97. The number of aryl methyl sites for hydroxylation is 1. The summed E-state index contributed by atoms with van der Waals surface area (Å²) in [6.07, 6.45) is 2.14. The molecule has 2 aliphatic heterocycles. The van der Waals surface area contributed by atoms with Gasteiger partial charge in [-0.05, 0) is 48.4 Å². The molecule has 0 amide bonds. The third kappa shape index (κ3) is 4.56. The number of fused-ring (bicyclic) bond motifs is 1. The molecule has 144 valence electrons. The van der Waals surface area contributed by atoms with E-state index in [2.05, 4.69) is 41.9 Å². The number of nitrogens with zero attached hydrogens (tertiary/aromatic N) is 1. The van der Waals surface area contributed by atoms with Crippen LogP contribution in [0.5, 0.6) is 5.75 Å². The highest BCUT2D eigenvalue weighted by atomic mass is 35.5. The first-order valence-corrected chi connectivity index (χ1v) is 9.07. The predicted octanol–water partition coefficient (Wildman–Crippen LogP) is 3.61. The number of rotatable bonds is 3. The lowest BCUT2D eigenvalue weighted by Gasteiger charge is -2.37. The van der Waals surface area contributed by atoms with E-state index in [-0.39, 0.29) is 18.3 Å². The van der Waals surface area contributed by atoms with Gasteiger partial charge in [0.1, 0.15) is 12.4 Å². The van der Waals surface area contributed by atoms with Gasteiger partial charge in [-0.2, -0.15) is 0 Å². The largest absolute Gasteiger partial charge is 0.489 e. The Labute approximate surface area is 171 Å². The smallest absolute Gasteiger partial charge is 0.309 e. The fraction of sp³-hybridized carbons (Fsp3) is 0.261. The fourth-order valence-corrected chi connectivity index (χ4v) is 3.39. The maximum atomic E-state index is 10.9. The second-order valence-electron chi connectivity index (χ2n) is 7.19. The quantitative estimate of drug-likeness (QED) is 0.806. The zero-order valence-electron chi connectivity index (χ0n) is 15.6. The molecule has 2 aromatic rings. The van der Waals surface area contributed by atoms with Crippen LogP contribution < -0.4 is 4.74 Å². The third-order valence-electron chi connectivity index (χ3n) is 4.89. The van der Waals surface area contributed by atoms with E-state index >= 15 is 0 Å². The summed E-state index contributed by atoms with van der Waals surface area (Å²) in [6.45, 7) is 4.60. The molecule has 5 heteroatoms. The number of carbonyl (C=O) groups is 1. The van der Waals surface area contributed by atoms with Crippen LogP contribution in [0.15, 0.2) is 48.0 Å². The van der Waals surface area contributed by atoms with Crippen molar-refractivity contribution >= 4 is 24.5 Å². The number of likely N-dealkylation sites (tertiary alicyclic amines) is 1. The van der Waals surface area contributed by atoms with Gasteiger partial charge in [-0.3, -0.25) is 9.69 Å². The molecular formula is C23H22ClNO3. The fourth-order valence-electron chi connectivity index (χ4n) is 3.39. The highest BCUT2D eigenvalue weighted by Crippen LogP contribution is 2.28. The second kappa shape index (κ2) is 8.52. The van der Waals surface area contributed by atoms with Crippen LogP contribution in [0, 0.1) is 24.7 Å². The lowest BCUT2D eigenvalue weighted by atomic mass is 9.98. The Morgan fingerprint density at radius 2 is 1.93 bits per heavy atom. The molecular weight excluding hydrogens is 374 g/mol. The zero-order valence-corrected chi connectivity index (χ0v) is 16.5. The van der Waals surface area contributed by atoms with Crippen LogP contribution in [-0.2, 0) is 4.79 Å². The van der Waals surface area contributed by atoms with Gasteiger partial charge in [-0.15, -0.1) is 12.4 Å². The molecule has 2 aromatic carbocycles. The molecule has 28 heavy (non-hydrogen) atoms. The van der Waals surface area contributed by atoms with Crippen LogP contribution in [0.4, 0.5) is 0 Å². The molecule has 4 nitrogen and oxygen atoms in total. The molecule has 0 bridgehead atoms. The molecule has 0 saturated carbocycles. The number of hydrogen-bond donors (Lipinski definition) is 1. The Morgan fingerprint density at radius 1 is 1.18 bits per heavy atom. The average Bonchev–Trinajstić information content (AvgIpc) is 2.62. The van der Waals surface area contributed by atoms with Gasteiger partial charge < -0.3 is 9.84 Å². The van der Waals surface area contributed by atoms with Gasteiger partial charge >= 0.3 is 5.97 Å². The SMILES string of the molecule is Cc1cccc(C#Cc2ccc3c(c2)OCC(CN2CC(C(=O)O)C2)=C3)c1.Cl. The van der Waals surface area contributed by atoms with Gasteiger partial charge in [-0.1, -0.05) is 30.0 Å². The maximum Gasteiger partial charge on any atom is 0.309 e. The Balaban J connectivity index is 0.00000225. The topological polar surface area (TPSA) is 49.8 Å². The van der Waals surface area contributed by atoms with Crippen molar-refractivity contribution in [1.82, 2.24) is 4.90 Å². The number of aliphatic carboxylic acids is 1. The third-order valence-corrected chi connectivity index (χ3v) is 4.89. The van der Waals surface area contributed by atoms with Crippen molar-refractivity contribution in [1.29, 1.82) is 0 Å². The van der Waals surface area contributed by atoms with Crippen molar-refractivity contribution < 1.29 is 14.6 Å². The molecule has 0 aromatic heterocycles. The number of carboxylic acids is 1. The van der Waals surface area contributed by atoms with E-state index in [1.54, 1.807) is 0 Å². The van der Waals surface area contributed by atoms with Crippen LogP contribution in [-0.4, -0.2) is 42.2 Å². The van der Waals surface area contributed by atoms with Gasteiger partial charge in [0, 0.05) is 36.3 Å². The Kier molecular flexibility index (Phi) is 6.08. The van der Waals surface area contributed by atoms with E-state index in [0.29, 0.717) is 19.7 Å². The minimum Gasteiger partial charge on any atom is -0.489 e. The van der Waals surface area contributed by atoms with Crippen LogP contribution in [0.1, 0.15) is 22.3 Å². The van der Waals surface area contributed by atoms with Crippen molar-refractivity contribution in [2.45, 2.75) is 6.92 Å². The molecule has 4 rings (SSSR count). The predicted molar refractivity (Wildman–Crippen MR) is 112 cm³/mol. The molecule has 0 radical (unpaired) electrons. The minimum absolute atomic E-state index is 0. The summed E-state index contributed by atoms with van der Waals surface area (Å²) < 4.78 is 5.91. The Bertz CT molecular complexity index is 981. The van der Waals surface area contributed by atoms with Crippen LogP contribution >= 0.6 is 12.4 Å². The molecule has 2 aliphatic rings. The highest BCUT2D eigenvalue weighted by Gasteiger charge is 2.32. The summed E-state index contributed by atoms with van der Waals surface area (Å²) in [4.78, 5) is 13.0. The second-order valence-corrected chi connectivity index (χ2v) is 7.19. The van der Waals surface area contributed by atoms with Crippen molar-refractivity contribution in [3.63, 3.8) is 0 Å². The van der Waals surface area contributed by atoms with Crippen LogP contribution in [0.3, 0.4) is 0 Å². The standard InChI is InChI=1S/C23H21NO3.ClH/c1-16-3-2-4-17(9-16)5-6-18-7-8-20-10-19(15-27-22(20)11-18)12-24-13-21(14-24)23(25)26;/h2-4,7-11,21H,12-15H2,1H3,(H,25,26);1H. The van der Waals surface area contributed by atoms with E-state index in [1.165, 1.54) is 11.1 Å².